The lowest BCUT2D eigenvalue weighted by Gasteiger charge is -2.08. The van der Waals surface area contributed by atoms with Gasteiger partial charge in [0.25, 0.3) is 0 Å². The maximum atomic E-state index is 10.1. The van der Waals surface area contributed by atoms with Crippen molar-refractivity contribution in [2.24, 2.45) is 0 Å². The van der Waals surface area contributed by atoms with Gasteiger partial charge in [-0.15, -0.1) is 11.3 Å². The maximum absolute atomic E-state index is 10.1. The summed E-state index contributed by atoms with van der Waals surface area (Å²) in [7, 11) is 0. The van der Waals surface area contributed by atoms with E-state index in [1.54, 1.807) is 11.3 Å². The lowest BCUT2D eigenvalue weighted by Crippen LogP contribution is -1.87. The first-order valence-corrected chi connectivity index (χ1v) is 5.55. The number of phenols is 1. The van der Waals surface area contributed by atoms with E-state index in [1.807, 2.05) is 11.4 Å². The van der Waals surface area contributed by atoms with E-state index in [9.17, 15) is 5.11 Å². The zero-order valence-electron chi connectivity index (χ0n) is 7.87. The van der Waals surface area contributed by atoms with E-state index >= 15 is 0 Å². The molecule has 14 heavy (non-hydrogen) atoms. The van der Waals surface area contributed by atoms with E-state index in [-0.39, 0.29) is 0 Å². The Bertz CT molecular complexity index is 549. The highest BCUT2D eigenvalue weighted by molar-refractivity contribution is 7.17. The number of aryl methyl sites for hydroxylation is 1. The van der Waals surface area contributed by atoms with Gasteiger partial charge in [-0.3, -0.25) is 0 Å². The van der Waals surface area contributed by atoms with Crippen molar-refractivity contribution in [2.75, 3.05) is 0 Å². The average molecular weight is 202 g/mol. The first-order chi connectivity index (χ1) is 6.79. The van der Waals surface area contributed by atoms with Gasteiger partial charge in [-0.25, -0.2) is 0 Å². The molecule has 0 amide bonds. The Balaban J connectivity index is 2.55. The molecule has 3 rings (SSSR count). The van der Waals surface area contributed by atoms with Gasteiger partial charge in [-0.2, -0.15) is 0 Å². The molecule has 0 radical (unpaired) electrons. The number of benzene rings is 1. The second-order valence-electron chi connectivity index (χ2n) is 3.64. The van der Waals surface area contributed by atoms with E-state index in [1.165, 1.54) is 15.8 Å². The van der Waals surface area contributed by atoms with E-state index in [4.69, 9.17) is 0 Å². The van der Waals surface area contributed by atoms with Gasteiger partial charge in [0, 0.05) is 15.6 Å². The van der Waals surface area contributed by atoms with Gasteiger partial charge in [0.05, 0.1) is 0 Å². The quantitative estimate of drug-likeness (QED) is 0.693. The number of rotatable bonds is 0. The average Bonchev–Trinajstić information content (AvgIpc) is 2.82. The van der Waals surface area contributed by atoms with Crippen LogP contribution in [0.3, 0.4) is 0 Å². The summed E-state index contributed by atoms with van der Waals surface area (Å²) in [6.07, 6.45) is 5.10. The molecule has 0 unspecified atom stereocenters. The van der Waals surface area contributed by atoms with Crippen LogP contribution >= 0.6 is 11.3 Å². The Morgan fingerprint density at radius 2 is 2.29 bits per heavy atom. The maximum Gasteiger partial charge on any atom is 0.128 e. The predicted octanol–water partition coefficient (Wildman–Crippen LogP) is 3.48. The first-order valence-electron chi connectivity index (χ1n) is 4.67. The number of phenolic OH excluding ortho intramolecular Hbond substituents is 1. The van der Waals surface area contributed by atoms with E-state index in [0.29, 0.717) is 5.75 Å². The van der Waals surface area contributed by atoms with Crippen LogP contribution in [-0.2, 0) is 6.42 Å². The van der Waals surface area contributed by atoms with Crippen molar-refractivity contribution in [3.63, 3.8) is 0 Å². The minimum atomic E-state index is 0.479. The highest BCUT2D eigenvalue weighted by Gasteiger charge is 2.17. The lowest BCUT2D eigenvalue weighted by atomic mass is 10.0. The van der Waals surface area contributed by atoms with Crippen molar-refractivity contribution in [3.8, 4) is 5.75 Å². The molecule has 1 aliphatic carbocycles. The third-order valence-electron chi connectivity index (χ3n) is 2.88. The molecule has 0 aliphatic heterocycles. The van der Waals surface area contributed by atoms with Crippen molar-refractivity contribution >= 4 is 27.5 Å². The number of allylic oxidation sites excluding steroid dienone is 1. The summed E-state index contributed by atoms with van der Waals surface area (Å²) in [5.41, 5.74) is 3.61. The third kappa shape index (κ3) is 0.840. The SMILES string of the molecule is Cc1c2c(c(O)c3ccsc13)CC=C2. The summed E-state index contributed by atoms with van der Waals surface area (Å²) < 4.78 is 1.22. The van der Waals surface area contributed by atoms with Crippen molar-refractivity contribution < 1.29 is 5.11 Å². The number of hydrogen-bond acceptors (Lipinski definition) is 2. The molecule has 1 nitrogen and oxygen atoms in total. The van der Waals surface area contributed by atoms with Crippen LogP contribution in [0, 0.1) is 6.92 Å². The van der Waals surface area contributed by atoms with Crippen LogP contribution < -0.4 is 0 Å². The molecule has 1 aromatic carbocycles. The van der Waals surface area contributed by atoms with Gasteiger partial charge >= 0.3 is 0 Å². The summed E-state index contributed by atoms with van der Waals surface area (Å²) >= 11 is 1.70. The topological polar surface area (TPSA) is 20.2 Å². The highest BCUT2D eigenvalue weighted by Crippen LogP contribution is 2.40. The fourth-order valence-electron chi connectivity index (χ4n) is 2.15. The summed E-state index contributed by atoms with van der Waals surface area (Å²) in [4.78, 5) is 0. The van der Waals surface area contributed by atoms with Crippen LogP contribution in [0.25, 0.3) is 16.2 Å². The molecule has 1 N–H and O–H groups in total. The third-order valence-corrected chi connectivity index (χ3v) is 3.92. The molecule has 0 saturated heterocycles. The summed E-state index contributed by atoms with van der Waals surface area (Å²) in [6.45, 7) is 2.13. The molecule has 0 fully saturated rings. The Labute approximate surface area is 86.3 Å². The van der Waals surface area contributed by atoms with Gasteiger partial charge in [0.15, 0.2) is 0 Å². The molecule has 0 atom stereocenters. The Morgan fingerprint density at radius 1 is 1.43 bits per heavy atom. The minimum absolute atomic E-state index is 0.479. The molecule has 1 aromatic heterocycles. The fourth-order valence-corrected chi connectivity index (χ4v) is 3.07. The predicted molar refractivity (Wildman–Crippen MR) is 61.0 cm³/mol. The fraction of sp³-hybridized carbons (Fsp3) is 0.167. The monoisotopic (exact) mass is 202 g/mol. The van der Waals surface area contributed by atoms with Crippen LogP contribution in [-0.4, -0.2) is 5.11 Å². The lowest BCUT2D eigenvalue weighted by molar-refractivity contribution is 0.476. The molecular weight excluding hydrogens is 192 g/mol. The summed E-state index contributed by atoms with van der Waals surface area (Å²) in [5.74, 6) is 0.479. The molecule has 1 aliphatic rings. The van der Waals surface area contributed by atoms with Crippen LogP contribution in [0.4, 0.5) is 0 Å². The largest absolute Gasteiger partial charge is 0.507 e. The van der Waals surface area contributed by atoms with Gasteiger partial charge in [-0.05, 0) is 35.9 Å². The minimum Gasteiger partial charge on any atom is -0.507 e. The summed E-state index contributed by atoms with van der Waals surface area (Å²) in [5, 5.41) is 13.1. The molecule has 2 heteroatoms. The molecular formula is C12H10OS. The molecule has 2 aromatic rings. The highest BCUT2D eigenvalue weighted by atomic mass is 32.1. The van der Waals surface area contributed by atoms with E-state index in [0.717, 1.165) is 17.4 Å². The van der Waals surface area contributed by atoms with E-state index < -0.39 is 0 Å². The Hall–Kier alpha value is -1.28. The zero-order chi connectivity index (χ0) is 9.71. The summed E-state index contributed by atoms with van der Waals surface area (Å²) in [6, 6.07) is 2.00. The van der Waals surface area contributed by atoms with Crippen molar-refractivity contribution in [1.29, 1.82) is 0 Å². The molecule has 70 valence electrons. The number of fused-ring (bicyclic) bond motifs is 2. The zero-order valence-corrected chi connectivity index (χ0v) is 8.69. The number of thiophene rings is 1. The molecule has 0 spiro atoms. The first kappa shape index (κ1) is 8.06. The second kappa shape index (κ2) is 2.61. The second-order valence-corrected chi connectivity index (χ2v) is 4.55. The van der Waals surface area contributed by atoms with Gasteiger partial charge < -0.3 is 5.11 Å². The van der Waals surface area contributed by atoms with E-state index in [2.05, 4.69) is 19.1 Å². The smallest absolute Gasteiger partial charge is 0.128 e. The van der Waals surface area contributed by atoms with Crippen LogP contribution in [0.1, 0.15) is 16.7 Å². The van der Waals surface area contributed by atoms with Gasteiger partial charge in [-0.1, -0.05) is 12.2 Å². The standard InChI is InChI=1S/C12H10OS/c1-7-8-3-2-4-9(8)11(13)10-5-6-14-12(7)10/h2-3,5-6,13H,4H2,1H3. The Kier molecular flexibility index (Phi) is 1.50. The van der Waals surface area contributed by atoms with Crippen LogP contribution in [0.15, 0.2) is 17.5 Å². The van der Waals surface area contributed by atoms with Crippen LogP contribution in [0.5, 0.6) is 5.75 Å². The molecule has 1 heterocycles. The number of hydrogen-bond donors (Lipinski definition) is 1. The Morgan fingerprint density at radius 3 is 3.14 bits per heavy atom. The van der Waals surface area contributed by atoms with Crippen molar-refractivity contribution in [1.82, 2.24) is 0 Å². The van der Waals surface area contributed by atoms with Crippen molar-refractivity contribution in [3.05, 3.63) is 34.2 Å². The van der Waals surface area contributed by atoms with Crippen molar-refractivity contribution in [2.45, 2.75) is 13.3 Å². The van der Waals surface area contributed by atoms with Gasteiger partial charge in [0.1, 0.15) is 5.75 Å². The van der Waals surface area contributed by atoms with Crippen LogP contribution in [0.2, 0.25) is 0 Å². The molecule has 0 saturated carbocycles. The molecule has 0 bridgehead atoms. The van der Waals surface area contributed by atoms with Gasteiger partial charge in [0.2, 0.25) is 0 Å². The number of aromatic hydroxyl groups is 1. The normalized spacial score (nSPS) is 13.8.